The zero-order valence-corrected chi connectivity index (χ0v) is 19.3. The van der Waals surface area contributed by atoms with Gasteiger partial charge >= 0.3 is 13.2 Å². The van der Waals surface area contributed by atoms with Gasteiger partial charge in [-0.2, -0.15) is 27.8 Å². The van der Waals surface area contributed by atoms with Crippen molar-refractivity contribution in [3.8, 4) is 39.6 Å². The van der Waals surface area contributed by atoms with Crippen LogP contribution in [0.3, 0.4) is 0 Å². The number of halogens is 4. The Morgan fingerprint density at radius 1 is 1.00 bits per heavy atom. The molecule has 0 spiro atoms. The van der Waals surface area contributed by atoms with Crippen molar-refractivity contribution in [2.45, 2.75) is 26.7 Å². The van der Waals surface area contributed by atoms with Crippen LogP contribution in [-0.2, 0) is 13.6 Å². The molecule has 2 aromatic carbocycles. The Kier molecular flexibility index (Phi) is 6.73. The third-order valence-electron chi connectivity index (χ3n) is 5.43. The number of aryl methyl sites for hydroxylation is 2. The highest BCUT2D eigenvalue weighted by atomic mass is 19.3. The van der Waals surface area contributed by atoms with Gasteiger partial charge in [0.2, 0.25) is 0 Å². The lowest BCUT2D eigenvalue weighted by atomic mass is 10.0. The van der Waals surface area contributed by atoms with Gasteiger partial charge in [-0.3, -0.25) is 14.2 Å². The van der Waals surface area contributed by atoms with Crippen molar-refractivity contribution in [1.82, 2.24) is 19.6 Å². The number of ether oxygens (including phenoxy) is 3. The summed E-state index contributed by atoms with van der Waals surface area (Å²) in [6, 6.07) is 5.57. The predicted molar refractivity (Wildman–Crippen MR) is 121 cm³/mol. The van der Waals surface area contributed by atoms with Crippen molar-refractivity contribution in [2.24, 2.45) is 12.8 Å². The summed E-state index contributed by atoms with van der Waals surface area (Å²) in [7, 11) is 2.76. The summed E-state index contributed by atoms with van der Waals surface area (Å²) in [4.78, 5) is 11.9. The average Bonchev–Trinajstić information content (AvgIpc) is 3.41. The van der Waals surface area contributed by atoms with Crippen LogP contribution in [0.15, 0.2) is 36.7 Å². The SMILES string of the molecule is CCn1cc(-c2cc(OC(F)F)c3c(-c4cc(OC)c(C(N)=O)c(OC(F)F)c4)n(C)nc3c2)cn1. The number of primary amides is 1. The highest BCUT2D eigenvalue weighted by Gasteiger charge is 2.25. The van der Waals surface area contributed by atoms with Crippen LogP contribution in [0.1, 0.15) is 17.3 Å². The third-order valence-corrected chi connectivity index (χ3v) is 5.43. The average molecular weight is 507 g/mol. The van der Waals surface area contributed by atoms with Crippen molar-refractivity contribution in [3.63, 3.8) is 0 Å². The molecule has 0 fully saturated rings. The molecule has 0 aliphatic carbocycles. The van der Waals surface area contributed by atoms with Gasteiger partial charge < -0.3 is 19.9 Å². The minimum atomic E-state index is -3.27. The first-order valence-corrected chi connectivity index (χ1v) is 10.6. The van der Waals surface area contributed by atoms with Gasteiger partial charge in [0.25, 0.3) is 5.91 Å². The summed E-state index contributed by atoms with van der Waals surface area (Å²) < 4.78 is 70.6. The van der Waals surface area contributed by atoms with Gasteiger partial charge in [-0.1, -0.05) is 0 Å². The number of fused-ring (bicyclic) bond motifs is 1. The quantitative estimate of drug-likeness (QED) is 0.336. The fraction of sp³-hybridized carbons (Fsp3) is 0.261. The fourth-order valence-electron chi connectivity index (χ4n) is 3.98. The highest BCUT2D eigenvalue weighted by Crippen LogP contribution is 2.42. The van der Waals surface area contributed by atoms with E-state index in [2.05, 4.69) is 14.9 Å². The van der Waals surface area contributed by atoms with E-state index in [0.717, 1.165) is 6.07 Å². The largest absolute Gasteiger partial charge is 0.496 e. The number of methoxy groups -OCH3 is 1. The van der Waals surface area contributed by atoms with Gasteiger partial charge in [0.15, 0.2) is 0 Å². The van der Waals surface area contributed by atoms with E-state index < -0.39 is 30.4 Å². The molecule has 0 atom stereocenters. The van der Waals surface area contributed by atoms with Crippen molar-refractivity contribution >= 4 is 16.8 Å². The summed E-state index contributed by atoms with van der Waals surface area (Å²) in [5.41, 5.74) is 6.84. The van der Waals surface area contributed by atoms with Crippen LogP contribution >= 0.6 is 0 Å². The van der Waals surface area contributed by atoms with E-state index in [1.807, 2.05) is 6.92 Å². The van der Waals surface area contributed by atoms with Gasteiger partial charge in [0.05, 0.1) is 29.9 Å². The maximum atomic E-state index is 13.4. The zero-order chi connectivity index (χ0) is 26.1. The molecule has 2 heterocycles. The number of hydrogen-bond donors (Lipinski definition) is 1. The van der Waals surface area contributed by atoms with Crippen molar-refractivity contribution in [3.05, 3.63) is 42.2 Å². The first-order valence-electron chi connectivity index (χ1n) is 10.6. The second-order valence-corrected chi connectivity index (χ2v) is 7.60. The predicted octanol–water partition coefficient (Wildman–Crippen LogP) is 4.43. The highest BCUT2D eigenvalue weighted by molar-refractivity contribution is 6.03. The molecule has 1 amide bonds. The van der Waals surface area contributed by atoms with E-state index in [0.29, 0.717) is 23.2 Å². The van der Waals surface area contributed by atoms with Crippen LogP contribution < -0.4 is 19.9 Å². The molecule has 190 valence electrons. The van der Waals surface area contributed by atoms with Crippen LogP contribution in [0.25, 0.3) is 33.3 Å². The smallest absolute Gasteiger partial charge is 0.387 e. The van der Waals surface area contributed by atoms with Gasteiger partial charge in [0, 0.05) is 30.9 Å². The molecular formula is C23H21F4N5O4. The fourth-order valence-corrected chi connectivity index (χ4v) is 3.98. The molecular weight excluding hydrogens is 486 g/mol. The molecule has 0 radical (unpaired) electrons. The molecule has 13 heteroatoms. The van der Waals surface area contributed by atoms with Crippen LogP contribution in [-0.4, -0.2) is 45.8 Å². The van der Waals surface area contributed by atoms with Crippen LogP contribution in [0.5, 0.6) is 17.2 Å². The molecule has 0 aliphatic heterocycles. The Morgan fingerprint density at radius 2 is 1.64 bits per heavy atom. The molecule has 0 unspecified atom stereocenters. The molecule has 0 bridgehead atoms. The lowest BCUT2D eigenvalue weighted by molar-refractivity contribution is -0.0505. The molecule has 4 aromatic rings. The Morgan fingerprint density at radius 3 is 2.22 bits per heavy atom. The number of hydrogen-bond acceptors (Lipinski definition) is 6. The van der Waals surface area contributed by atoms with E-state index in [9.17, 15) is 22.4 Å². The molecule has 9 nitrogen and oxygen atoms in total. The summed E-state index contributed by atoms with van der Waals surface area (Å²) in [5, 5.41) is 8.80. The van der Waals surface area contributed by atoms with E-state index in [-0.39, 0.29) is 28.1 Å². The van der Waals surface area contributed by atoms with Crippen LogP contribution in [0, 0.1) is 0 Å². The van der Waals surface area contributed by atoms with Gasteiger partial charge in [-0.15, -0.1) is 0 Å². The summed E-state index contributed by atoms with van der Waals surface area (Å²) in [5.74, 6) is -1.94. The maximum Gasteiger partial charge on any atom is 0.387 e. The van der Waals surface area contributed by atoms with E-state index >= 15 is 0 Å². The Hall–Kier alpha value is -4.29. The number of amides is 1. The Bertz CT molecular complexity index is 1430. The van der Waals surface area contributed by atoms with Crippen molar-refractivity contribution in [1.29, 1.82) is 0 Å². The molecule has 2 N–H and O–H groups in total. The minimum Gasteiger partial charge on any atom is -0.496 e. The first kappa shape index (κ1) is 24.8. The van der Waals surface area contributed by atoms with Crippen molar-refractivity contribution in [2.75, 3.05) is 7.11 Å². The topological polar surface area (TPSA) is 106 Å². The van der Waals surface area contributed by atoms with Crippen LogP contribution in [0.2, 0.25) is 0 Å². The summed E-state index contributed by atoms with van der Waals surface area (Å²) >= 11 is 0. The number of nitrogens with two attached hydrogens (primary N) is 1. The van der Waals surface area contributed by atoms with Crippen LogP contribution in [0.4, 0.5) is 17.6 Å². The number of alkyl halides is 4. The second-order valence-electron chi connectivity index (χ2n) is 7.60. The molecule has 0 saturated carbocycles. The Labute approximate surface area is 202 Å². The second kappa shape index (κ2) is 9.76. The lowest BCUT2D eigenvalue weighted by Gasteiger charge is -2.16. The maximum absolute atomic E-state index is 13.4. The van der Waals surface area contributed by atoms with Gasteiger partial charge in [0.1, 0.15) is 22.8 Å². The lowest BCUT2D eigenvalue weighted by Crippen LogP contribution is -2.16. The number of benzene rings is 2. The summed E-state index contributed by atoms with van der Waals surface area (Å²) in [6.45, 7) is -3.90. The zero-order valence-electron chi connectivity index (χ0n) is 19.3. The van der Waals surface area contributed by atoms with E-state index in [4.69, 9.17) is 15.2 Å². The molecule has 4 rings (SSSR count). The molecule has 36 heavy (non-hydrogen) atoms. The van der Waals surface area contributed by atoms with E-state index in [1.165, 1.54) is 23.9 Å². The minimum absolute atomic E-state index is 0.148. The Balaban J connectivity index is 1.99. The van der Waals surface area contributed by atoms with Gasteiger partial charge in [-0.05, 0) is 36.8 Å². The first-order chi connectivity index (χ1) is 17.1. The van der Waals surface area contributed by atoms with Crippen molar-refractivity contribution < 1.29 is 36.6 Å². The third kappa shape index (κ3) is 4.63. The number of rotatable bonds is 9. The standard InChI is InChI=1S/C23H21F4N5O4/c1-4-32-10-13(9-29-32)11-5-14-18(16(6-11)35-22(24)25)20(31(2)30-14)12-7-15(34-3)19(21(28)33)17(8-12)36-23(26)27/h5-10,22-23H,4H2,1-3H3,(H2,28,33). The summed E-state index contributed by atoms with van der Waals surface area (Å²) in [6.07, 6.45) is 3.33. The number of carbonyl (C=O) groups is 1. The van der Waals surface area contributed by atoms with E-state index in [1.54, 1.807) is 30.2 Å². The molecule has 2 aromatic heterocycles. The number of nitrogens with zero attached hydrogens (tertiary/aromatic N) is 4. The number of carbonyl (C=O) groups excluding carboxylic acids is 1. The monoisotopic (exact) mass is 507 g/mol. The molecule has 0 aliphatic rings. The van der Waals surface area contributed by atoms with Gasteiger partial charge in [-0.25, -0.2) is 0 Å². The number of aromatic nitrogens is 4. The normalized spacial score (nSPS) is 11.5. The molecule has 0 saturated heterocycles.